The van der Waals surface area contributed by atoms with Crippen LogP contribution in [0.1, 0.15) is 30.4 Å². The Kier molecular flexibility index (Phi) is 5.16. The number of pyridine rings is 1. The summed E-state index contributed by atoms with van der Waals surface area (Å²) in [5.41, 5.74) is 8.51. The highest BCUT2D eigenvalue weighted by Crippen LogP contribution is 2.50. The molecule has 168 valence electrons. The quantitative estimate of drug-likeness (QED) is 0.737. The Labute approximate surface area is 183 Å². The third-order valence-corrected chi connectivity index (χ3v) is 6.23. The van der Waals surface area contributed by atoms with Crippen molar-refractivity contribution in [1.29, 1.82) is 0 Å². The minimum Gasteiger partial charge on any atom is -0.415 e. The van der Waals surface area contributed by atoms with Gasteiger partial charge in [0.05, 0.1) is 6.42 Å². The summed E-state index contributed by atoms with van der Waals surface area (Å²) in [6, 6.07) is 8.88. The van der Waals surface area contributed by atoms with Crippen molar-refractivity contribution in [3.63, 3.8) is 0 Å². The van der Waals surface area contributed by atoms with Crippen molar-refractivity contribution in [2.24, 2.45) is 10.7 Å². The van der Waals surface area contributed by atoms with E-state index in [0.717, 1.165) is 29.7 Å². The standard InChI is InChI=1S/C22H23F2N5O3/c23-20(24)32-19-17(5-2-8-26-19)27-16-4-1-3-15-14(16)11-22(15)12-18(30)29(21(25)28-22)13-6-9-31-10-7-13/h1-5,8,13,20,27H,6-7,9-12H2,(H2,25,28)/t22-/m0/s1. The highest BCUT2D eigenvalue weighted by Gasteiger charge is 2.50. The number of nitrogens with two attached hydrogens (primary N) is 1. The Hall–Kier alpha value is -3.27. The first kappa shape index (κ1) is 20.6. The van der Waals surface area contributed by atoms with Gasteiger partial charge in [-0.3, -0.25) is 9.69 Å². The first-order valence-corrected chi connectivity index (χ1v) is 10.5. The second kappa shape index (κ2) is 8.01. The summed E-state index contributed by atoms with van der Waals surface area (Å²) in [7, 11) is 0. The van der Waals surface area contributed by atoms with Gasteiger partial charge in [-0.25, -0.2) is 9.98 Å². The molecule has 8 nitrogen and oxygen atoms in total. The zero-order chi connectivity index (χ0) is 22.3. The van der Waals surface area contributed by atoms with Gasteiger partial charge in [-0.15, -0.1) is 0 Å². The lowest BCUT2D eigenvalue weighted by Gasteiger charge is -2.47. The molecule has 1 atom stereocenters. The van der Waals surface area contributed by atoms with E-state index in [4.69, 9.17) is 15.5 Å². The molecule has 1 saturated heterocycles. The van der Waals surface area contributed by atoms with E-state index in [2.05, 4.69) is 15.0 Å². The fourth-order valence-corrected chi connectivity index (χ4v) is 4.79. The van der Waals surface area contributed by atoms with Crippen LogP contribution in [0.3, 0.4) is 0 Å². The van der Waals surface area contributed by atoms with Crippen molar-refractivity contribution in [1.82, 2.24) is 9.88 Å². The van der Waals surface area contributed by atoms with Crippen LogP contribution in [0.25, 0.3) is 0 Å². The SMILES string of the molecule is NC1=N[C@]2(CC(=O)N1C1CCOCC1)Cc1c(Nc3cccnc3OC(F)F)cccc12. The minimum atomic E-state index is -2.98. The number of fused-ring (bicyclic) bond motifs is 2. The maximum atomic E-state index is 13.1. The molecular weight excluding hydrogens is 420 g/mol. The molecule has 0 radical (unpaired) electrons. The van der Waals surface area contributed by atoms with Crippen LogP contribution >= 0.6 is 0 Å². The second-order valence-corrected chi connectivity index (χ2v) is 8.15. The summed E-state index contributed by atoms with van der Waals surface area (Å²) in [6.07, 6.45) is 3.64. The highest BCUT2D eigenvalue weighted by molar-refractivity contribution is 6.00. The lowest BCUT2D eigenvalue weighted by Crippen LogP contribution is -2.58. The smallest absolute Gasteiger partial charge is 0.388 e. The van der Waals surface area contributed by atoms with Gasteiger partial charge in [0.1, 0.15) is 11.2 Å². The summed E-state index contributed by atoms with van der Waals surface area (Å²) >= 11 is 0. The molecule has 3 N–H and O–H groups in total. The van der Waals surface area contributed by atoms with Crippen LogP contribution < -0.4 is 15.8 Å². The molecule has 1 spiro atoms. The van der Waals surface area contributed by atoms with Gasteiger partial charge in [0.2, 0.25) is 11.8 Å². The number of alkyl halides is 2. The molecule has 3 aliphatic rings. The number of rotatable bonds is 5. The predicted octanol–water partition coefficient (Wildman–Crippen LogP) is 2.90. The molecule has 1 amide bonds. The molecule has 2 aliphatic heterocycles. The van der Waals surface area contributed by atoms with E-state index in [1.807, 2.05) is 18.2 Å². The molecule has 0 bridgehead atoms. The average molecular weight is 443 g/mol. The van der Waals surface area contributed by atoms with E-state index in [1.54, 1.807) is 17.0 Å². The number of aliphatic imine (C=N–C) groups is 1. The molecule has 3 heterocycles. The number of carbonyl (C=O) groups excluding carboxylic acids is 1. The molecule has 0 saturated carbocycles. The molecule has 1 fully saturated rings. The monoisotopic (exact) mass is 443 g/mol. The van der Waals surface area contributed by atoms with E-state index in [1.165, 1.54) is 6.20 Å². The molecule has 1 aromatic carbocycles. The lowest BCUT2D eigenvalue weighted by atomic mass is 9.67. The number of aromatic nitrogens is 1. The van der Waals surface area contributed by atoms with Crippen LogP contribution in [-0.4, -0.2) is 47.6 Å². The van der Waals surface area contributed by atoms with Gasteiger partial charge in [0.25, 0.3) is 0 Å². The van der Waals surface area contributed by atoms with E-state index in [0.29, 0.717) is 25.3 Å². The maximum Gasteiger partial charge on any atom is 0.388 e. The number of hydrogen-bond acceptors (Lipinski definition) is 7. The fraction of sp³-hybridized carbons (Fsp3) is 0.409. The molecule has 5 rings (SSSR count). The van der Waals surface area contributed by atoms with Crippen molar-refractivity contribution in [3.8, 4) is 5.88 Å². The number of hydrogen-bond donors (Lipinski definition) is 2. The zero-order valence-electron chi connectivity index (χ0n) is 17.3. The van der Waals surface area contributed by atoms with Gasteiger partial charge < -0.3 is 20.5 Å². The van der Waals surface area contributed by atoms with Crippen molar-refractivity contribution in [2.75, 3.05) is 18.5 Å². The van der Waals surface area contributed by atoms with E-state index in [9.17, 15) is 13.6 Å². The number of carbonyl (C=O) groups is 1. The number of halogens is 2. The van der Waals surface area contributed by atoms with Crippen molar-refractivity contribution in [3.05, 3.63) is 47.7 Å². The topological polar surface area (TPSA) is 102 Å². The number of nitrogens with zero attached hydrogens (tertiary/aromatic N) is 3. The number of amides is 1. The predicted molar refractivity (Wildman–Crippen MR) is 113 cm³/mol. The molecule has 32 heavy (non-hydrogen) atoms. The largest absolute Gasteiger partial charge is 0.415 e. The van der Waals surface area contributed by atoms with Crippen molar-refractivity contribution in [2.45, 2.75) is 43.9 Å². The van der Waals surface area contributed by atoms with Crippen LogP contribution in [0.4, 0.5) is 20.2 Å². The first-order valence-electron chi connectivity index (χ1n) is 10.5. The fourth-order valence-electron chi connectivity index (χ4n) is 4.79. The Bertz CT molecular complexity index is 1070. The summed E-state index contributed by atoms with van der Waals surface area (Å²) < 4.78 is 35.3. The Morgan fingerprint density at radius 1 is 1.19 bits per heavy atom. The van der Waals surface area contributed by atoms with Crippen LogP contribution in [0.5, 0.6) is 5.88 Å². The molecule has 0 unspecified atom stereocenters. The molecule has 10 heteroatoms. The minimum absolute atomic E-state index is 0.0173. The normalized spacial score (nSPS) is 23.0. The Balaban J connectivity index is 1.41. The summed E-state index contributed by atoms with van der Waals surface area (Å²) in [6.45, 7) is -1.76. The van der Waals surface area contributed by atoms with E-state index < -0.39 is 12.2 Å². The lowest BCUT2D eigenvalue weighted by molar-refractivity contribution is -0.133. The van der Waals surface area contributed by atoms with Crippen LogP contribution in [-0.2, 0) is 21.5 Å². The number of benzene rings is 1. The second-order valence-electron chi connectivity index (χ2n) is 8.15. The average Bonchev–Trinajstić information content (AvgIpc) is 2.75. The Morgan fingerprint density at radius 2 is 1.97 bits per heavy atom. The molecule has 2 aromatic rings. The van der Waals surface area contributed by atoms with Crippen molar-refractivity contribution < 1.29 is 23.0 Å². The number of nitrogens with one attached hydrogen (secondary N) is 1. The van der Waals surface area contributed by atoms with Crippen LogP contribution in [0.15, 0.2) is 41.5 Å². The number of anilines is 2. The van der Waals surface area contributed by atoms with Crippen molar-refractivity contribution >= 4 is 23.2 Å². The molecule has 1 aromatic heterocycles. The van der Waals surface area contributed by atoms with Crippen LogP contribution in [0, 0.1) is 0 Å². The van der Waals surface area contributed by atoms with Crippen LogP contribution in [0.2, 0.25) is 0 Å². The summed E-state index contributed by atoms with van der Waals surface area (Å²) in [4.78, 5) is 23.3. The number of ether oxygens (including phenoxy) is 2. The Morgan fingerprint density at radius 3 is 2.72 bits per heavy atom. The van der Waals surface area contributed by atoms with Gasteiger partial charge in [-0.2, -0.15) is 8.78 Å². The zero-order valence-corrected chi connectivity index (χ0v) is 17.3. The van der Waals surface area contributed by atoms with Gasteiger partial charge in [0, 0.05) is 37.6 Å². The third kappa shape index (κ3) is 3.54. The van der Waals surface area contributed by atoms with E-state index in [-0.39, 0.29) is 30.2 Å². The third-order valence-electron chi connectivity index (χ3n) is 6.23. The summed E-state index contributed by atoms with van der Waals surface area (Å²) in [5, 5.41) is 3.13. The summed E-state index contributed by atoms with van der Waals surface area (Å²) in [5.74, 6) is 0.0293. The molecular formula is C22H23F2N5O3. The first-order chi connectivity index (χ1) is 15.5. The van der Waals surface area contributed by atoms with Gasteiger partial charge >= 0.3 is 6.61 Å². The van der Waals surface area contributed by atoms with Gasteiger partial charge in [-0.05, 0) is 42.2 Å². The van der Waals surface area contributed by atoms with Gasteiger partial charge in [0.15, 0.2) is 5.96 Å². The maximum absolute atomic E-state index is 13.1. The van der Waals surface area contributed by atoms with E-state index >= 15 is 0 Å². The molecule has 1 aliphatic carbocycles. The number of guanidine groups is 1. The highest BCUT2D eigenvalue weighted by atomic mass is 19.3. The van der Waals surface area contributed by atoms with Gasteiger partial charge in [-0.1, -0.05) is 12.1 Å².